The van der Waals surface area contributed by atoms with Gasteiger partial charge in [0.05, 0.1) is 17.5 Å². The predicted molar refractivity (Wildman–Crippen MR) is 123 cm³/mol. The third kappa shape index (κ3) is 4.32. The summed E-state index contributed by atoms with van der Waals surface area (Å²) in [5.41, 5.74) is 1.55. The van der Waals surface area contributed by atoms with E-state index in [9.17, 15) is 9.59 Å². The number of aromatic nitrogens is 3. The number of halogens is 1. The number of carbonyl (C=O) groups excluding carboxylic acids is 1. The molecule has 164 valence electrons. The summed E-state index contributed by atoms with van der Waals surface area (Å²) >= 11 is 7.66. The number of hydrogen-bond donors (Lipinski definition) is 1. The summed E-state index contributed by atoms with van der Waals surface area (Å²) in [6, 6.07) is 4.94. The fourth-order valence-corrected chi connectivity index (χ4v) is 5.54. The number of benzene rings is 1. The van der Waals surface area contributed by atoms with Crippen molar-refractivity contribution >= 4 is 44.7 Å². The molecule has 0 spiro atoms. The third-order valence-corrected chi connectivity index (χ3v) is 7.33. The molecule has 1 aliphatic rings. The number of anilines is 1. The van der Waals surface area contributed by atoms with Crippen LogP contribution in [-0.2, 0) is 24.2 Å². The third-order valence-electron chi connectivity index (χ3n) is 5.89. The minimum atomic E-state index is -0.381. The molecule has 3 aromatic rings. The molecule has 7 nitrogen and oxygen atoms in total. The number of carbonyl (C=O) groups is 1. The molecule has 1 amide bonds. The van der Waals surface area contributed by atoms with E-state index < -0.39 is 0 Å². The molecule has 4 rings (SSSR count). The molecule has 31 heavy (non-hydrogen) atoms. The SMILES string of the molecule is COc1ccc(NC(=O)Cn2nnc3sc4c(c3c2=O)CC[C@@H](C(C)(C)C)C4)cc1Cl. The number of rotatable bonds is 4. The zero-order valence-corrected chi connectivity index (χ0v) is 19.6. The molecular weight excluding hydrogens is 436 g/mol. The van der Waals surface area contributed by atoms with Crippen molar-refractivity contribution < 1.29 is 9.53 Å². The lowest BCUT2D eigenvalue weighted by Crippen LogP contribution is -2.31. The maximum Gasteiger partial charge on any atom is 0.279 e. The molecule has 1 aliphatic carbocycles. The highest BCUT2D eigenvalue weighted by Gasteiger charge is 2.32. The lowest BCUT2D eigenvalue weighted by atomic mass is 9.72. The van der Waals surface area contributed by atoms with E-state index in [0.717, 1.165) is 29.5 Å². The summed E-state index contributed by atoms with van der Waals surface area (Å²) in [5, 5.41) is 12.0. The van der Waals surface area contributed by atoms with Crippen LogP contribution < -0.4 is 15.6 Å². The smallest absolute Gasteiger partial charge is 0.279 e. The molecule has 0 unspecified atom stereocenters. The predicted octanol–water partition coefficient (Wildman–Crippen LogP) is 4.30. The van der Waals surface area contributed by atoms with Gasteiger partial charge in [0.1, 0.15) is 12.3 Å². The second kappa shape index (κ2) is 8.24. The van der Waals surface area contributed by atoms with Gasteiger partial charge in [-0.05, 0) is 54.4 Å². The van der Waals surface area contributed by atoms with Crippen LogP contribution in [0.3, 0.4) is 0 Å². The molecular formula is C22H25ClN4O3S. The van der Waals surface area contributed by atoms with Crippen LogP contribution in [0.5, 0.6) is 5.75 Å². The summed E-state index contributed by atoms with van der Waals surface area (Å²) in [5.74, 6) is 0.711. The quantitative estimate of drug-likeness (QED) is 0.627. The Morgan fingerprint density at radius 1 is 1.39 bits per heavy atom. The zero-order chi connectivity index (χ0) is 22.3. The van der Waals surface area contributed by atoms with E-state index >= 15 is 0 Å². The van der Waals surface area contributed by atoms with Gasteiger partial charge in [0.2, 0.25) is 5.91 Å². The lowest BCUT2D eigenvalue weighted by Gasteiger charge is -2.33. The van der Waals surface area contributed by atoms with Crippen LogP contribution in [0.25, 0.3) is 10.2 Å². The summed E-state index contributed by atoms with van der Waals surface area (Å²) in [7, 11) is 1.52. The number of ether oxygens (including phenoxy) is 1. The van der Waals surface area contributed by atoms with Crippen LogP contribution in [-0.4, -0.2) is 28.0 Å². The van der Waals surface area contributed by atoms with Crippen LogP contribution in [0.2, 0.25) is 5.02 Å². The van der Waals surface area contributed by atoms with Crippen LogP contribution >= 0.6 is 22.9 Å². The average molecular weight is 461 g/mol. The highest BCUT2D eigenvalue weighted by atomic mass is 35.5. The molecule has 2 heterocycles. The average Bonchev–Trinajstić information content (AvgIpc) is 3.08. The topological polar surface area (TPSA) is 86.1 Å². The first-order valence-electron chi connectivity index (χ1n) is 10.2. The Hall–Kier alpha value is -2.45. The molecule has 1 atom stereocenters. The van der Waals surface area contributed by atoms with Gasteiger partial charge in [-0.1, -0.05) is 37.6 Å². The molecule has 0 bridgehead atoms. The van der Waals surface area contributed by atoms with Crippen LogP contribution in [0, 0.1) is 11.3 Å². The number of nitrogens with one attached hydrogen (secondary N) is 1. The molecule has 0 radical (unpaired) electrons. The summed E-state index contributed by atoms with van der Waals surface area (Å²) < 4.78 is 6.24. The van der Waals surface area contributed by atoms with Gasteiger partial charge >= 0.3 is 0 Å². The molecule has 1 N–H and O–H groups in total. The fourth-order valence-electron chi connectivity index (χ4n) is 4.05. The van der Waals surface area contributed by atoms with Crippen LogP contribution in [0.4, 0.5) is 5.69 Å². The largest absolute Gasteiger partial charge is 0.495 e. The Morgan fingerprint density at radius 2 is 2.16 bits per heavy atom. The molecule has 0 fully saturated rings. The van der Waals surface area contributed by atoms with E-state index in [1.807, 2.05) is 0 Å². The Labute approximate surface area is 189 Å². The molecule has 2 aromatic heterocycles. The number of nitrogens with zero attached hydrogens (tertiary/aromatic N) is 3. The first-order chi connectivity index (χ1) is 14.7. The van der Waals surface area contributed by atoms with E-state index in [1.165, 1.54) is 12.0 Å². The molecule has 0 saturated carbocycles. The minimum absolute atomic E-state index is 0.222. The highest BCUT2D eigenvalue weighted by Crippen LogP contribution is 2.41. The Balaban J connectivity index is 1.57. The van der Waals surface area contributed by atoms with Gasteiger partial charge in [0, 0.05) is 10.6 Å². The lowest BCUT2D eigenvalue weighted by molar-refractivity contribution is -0.117. The van der Waals surface area contributed by atoms with Crippen molar-refractivity contribution in [3.8, 4) is 5.75 Å². The van der Waals surface area contributed by atoms with Gasteiger partial charge in [-0.2, -0.15) is 0 Å². The normalized spacial score (nSPS) is 16.2. The molecule has 0 saturated heterocycles. The van der Waals surface area contributed by atoms with Crippen molar-refractivity contribution in [3.63, 3.8) is 0 Å². The number of aryl methyl sites for hydroxylation is 1. The monoisotopic (exact) mass is 460 g/mol. The molecule has 0 aliphatic heterocycles. The van der Waals surface area contributed by atoms with E-state index in [0.29, 0.717) is 32.6 Å². The fraction of sp³-hybridized carbons (Fsp3) is 0.455. The minimum Gasteiger partial charge on any atom is -0.495 e. The van der Waals surface area contributed by atoms with Crippen molar-refractivity contribution in [2.24, 2.45) is 11.3 Å². The number of thiophene rings is 1. The van der Waals surface area contributed by atoms with E-state index in [2.05, 4.69) is 36.4 Å². The van der Waals surface area contributed by atoms with Gasteiger partial charge < -0.3 is 10.1 Å². The maximum atomic E-state index is 13.1. The molecule has 9 heteroatoms. The Morgan fingerprint density at radius 3 is 2.84 bits per heavy atom. The van der Waals surface area contributed by atoms with E-state index in [4.69, 9.17) is 16.3 Å². The van der Waals surface area contributed by atoms with Gasteiger partial charge in [-0.15, -0.1) is 16.4 Å². The van der Waals surface area contributed by atoms with Crippen molar-refractivity contribution in [3.05, 3.63) is 44.0 Å². The van der Waals surface area contributed by atoms with Crippen molar-refractivity contribution in [1.82, 2.24) is 15.0 Å². The number of hydrogen-bond acceptors (Lipinski definition) is 6. The second-order valence-electron chi connectivity index (χ2n) is 8.94. The summed E-state index contributed by atoms with van der Waals surface area (Å²) in [4.78, 5) is 27.5. The van der Waals surface area contributed by atoms with Crippen LogP contribution in [0.1, 0.15) is 37.6 Å². The van der Waals surface area contributed by atoms with Gasteiger partial charge in [0.15, 0.2) is 4.83 Å². The van der Waals surface area contributed by atoms with Crippen molar-refractivity contribution in [1.29, 1.82) is 0 Å². The standard InChI is InChI=1S/C22H25ClN4O3S/c1-22(2,3)12-5-7-14-17(9-12)31-20-19(14)21(29)27(26-25-20)11-18(28)24-13-6-8-16(30-4)15(23)10-13/h6,8,10,12H,5,7,9,11H2,1-4H3,(H,24,28)/t12-/m1/s1. The number of methoxy groups -OCH3 is 1. The molecule has 1 aromatic carbocycles. The summed E-state index contributed by atoms with van der Waals surface area (Å²) in [6.45, 7) is 6.56. The first kappa shape index (κ1) is 21.8. The highest BCUT2D eigenvalue weighted by molar-refractivity contribution is 7.18. The summed E-state index contributed by atoms with van der Waals surface area (Å²) in [6.07, 6.45) is 2.86. The number of amides is 1. The van der Waals surface area contributed by atoms with E-state index in [-0.39, 0.29) is 23.4 Å². The Bertz CT molecular complexity index is 1210. The van der Waals surface area contributed by atoms with Crippen LogP contribution in [0.15, 0.2) is 23.0 Å². The van der Waals surface area contributed by atoms with Gasteiger partial charge in [-0.3, -0.25) is 9.59 Å². The van der Waals surface area contributed by atoms with Gasteiger partial charge in [-0.25, -0.2) is 4.68 Å². The number of fused-ring (bicyclic) bond motifs is 3. The van der Waals surface area contributed by atoms with Gasteiger partial charge in [0.25, 0.3) is 5.56 Å². The second-order valence-corrected chi connectivity index (χ2v) is 10.4. The first-order valence-corrected chi connectivity index (χ1v) is 11.4. The zero-order valence-electron chi connectivity index (χ0n) is 18.0. The Kier molecular flexibility index (Phi) is 5.79. The maximum absolute atomic E-state index is 13.1. The van der Waals surface area contributed by atoms with Crippen molar-refractivity contribution in [2.45, 2.75) is 46.6 Å². The van der Waals surface area contributed by atoms with E-state index in [1.54, 1.807) is 29.5 Å². The van der Waals surface area contributed by atoms with Crippen molar-refractivity contribution in [2.75, 3.05) is 12.4 Å².